The SMILES string of the molecule is Cc1cc(N2CCNCC2)cc2[nH]c(-c3c(NCC(O)c4cccc(Cl)c4)cc[nH]c3=O)nc12. The van der Waals surface area contributed by atoms with Gasteiger partial charge in [0, 0.05) is 49.6 Å². The van der Waals surface area contributed by atoms with Crippen LogP contribution in [0, 0.1) is 6.92 Å². The number of halogens is 1. The standard InChI is InChI=1S/C25H27ClN6O2/c1-15-11-18(32-9-7-27-8-10-32)13-20-23(15)31-24(30-20)22-19(5-6-28-25(22)34)29-14-21(33)16-3-2-4-17(26)12-16/h2-6,11-13,21,27,33H,7-10,14H2,1H3,(H,30,31)(H2,28,29,34). The summed E-state index contributed by atoms with van der Waals surface area (Å²) in [5.74, 6) is 0.483. The maximum atomic E-state index is 12.8. The van der Waals surface area contributed by atoms with E-state index in [1.165, 1.54) is 0 Å². The van der Waals surface area contributed by atoms with Gasteiger partial charge in [0.2, 0.25) is 0 Å². The number of aromatic nitrogens is 3. The average Bonchev–Trinajstić information content (AvgIpc) is 3.27. The van der Waals surface area contributed by atoms with Crippen LogP contribution in [0.1, 0.15) is 17.2 Å². The van der Waals surface area contributed by atoms with Crippen LogP contribution in [-0.2, 0) is 0 Å². The molecule has 0 bridgehead atoms. The lowest BCUT2D eigenvalue weighted by atomic mass is 10.1. The number of aromatic amines is 2. The Morgan fingerprint density at radius 2 is 2.03 bits per heavy atom. The fourth-order valence-corrected chi connectivity index (χ4v) is 4.59. The number of aliphatic hydroxyl groups is 1. The Labute approximate surface area is 202 Å². The molecular formula is C25H27ClN6O2. The Morgan fingerprint density at radius 3 is 2.82 bits per heavy atom. The van der Waals surface area contributed by atoms with Gasteiger partial charge in [-0.25, -0.2) is 4.98 Å². The number of H-pyrrole nitrogens is 2. The molecule has 3 heterocycles. The van der Waals surface area contributed by atoms with Crippen LogP contribution in [0.25, 0.3) is 22.4 Å². The molecule has 5 N–H and O–H groups in total. The van der Waals surface area contributed by atoms with Crippen molar-refractivity contribution >= 4 is 34.0 Å². The van der Waals surface area contributed by atoms with E-state index >= 15 is 0 Å². The van der Waals surface area contributed by atoms with E-state index in [1.807, 2.05) is 13.0 Å². The molecule has 0 amide bonds. The van der Waals surface area contributed by atoms with Crippen LogP contribution in [0.5, 0.6) is 0 Å². The Morgan fingerprint density at radius 1 is 1.21 bits per heavy atom. The molecule has 1 fully saturated rings. The van der Waals surface area contributed by atoms with Gasteiger partial charge in [-0.1, -0.05) is 23.7 Å². The first kappa shape index (κ1) is 22.5. The van der Waals surface area contributed by atoms with Gasteiger partial charge in [-0.05, 0) is 48.4 Å². The van der Waals surface area contributed by atoms with Crippen LogP contribution < -0.4 is 21.1 Å². The summed E-state index contributed by atoms with van der Waals surface area (Å²) >= 11 is 6.05. The molecular weight excluding hydrogens is 452 g/mol. The summed E-state index contributed by atoms with van der Waals surface area (Å²) in [7, 11) is 0. The lowest BCUT2D eigenvalue weighted by Crippen LogP contribution is -2.43. The van der Waals surface area contributed by atoms with Crippen molar-refractivity contribution in [2.75, 3.05) is 42.9 Å². The molecule has 2 aromatic carbocycles. The van der Waals surface area contributed by atoms with Crippen molar-refractivity contribution < 1.29 is 5.11 Å². The van der Waals surface area contributed by atoms with Gasteiger partial charge in [-0.3, -0.25) is 4.79 Å². The van der Waals surface area contributed by atoms with E-state index in [0.29, 0.717) is 27.7 Å². The summed E-state index contributed by atoms with van der Waals surface area (Å²) in [6.07, 6.45) is 0.793. The molecule has 4 aromatic rings. The minimum Gasteiger partial charge on any atom is -0.387 e. The zero-order valence-electron chi connectivity index (χ0n) is 18.9. The second-order valence-electron chi connectivity index (χ2n) is 8.53. The predicted octanol–water partition coefficient (Wildman–Crippen LogP) is 3.44. The molecule has 1 saturated heterocycles. The zero-order chi connectivity index (χ0) is 23.7. The van der Waals surface area contributed by atoms with Gasteiger partial charge in [0.05, 0.1) is 22.8 Å². The lowest BCUT2D eigenvalue weighted by molar-refractivity contribution is 0.191. The quantitative estimate of drug-likeness (QED) is 0.290. The molecule has 5 rings (SSSR count). The molecule has 9 heteroatoms. The van der Waals surface area contributed by atoms with Crippen molar-refractivity contribution in [2.24, 2.45) is 0 Å². The molecule has 1 unspecified atom stereocenters. The maximum Gasteiger partial charge on any atom is 0.261 e. The number of nitrogens with zero attached hydrogens (tertiary/aromatic N) is 2. The Balaban J connectivity index is 1.46. The van der Waals surface area contributed by atoms with Crippen molar-refractivity contribution in [3.8, 4) is 11.4 Å². The Kier molecular flexibility index (Phi) is 6.28. The lowest BCUT2D eigenvalue weighted by Gasteiger charge is -2.29. The molecule has 0 radical (unpaired) electrons. The van der Waals surface area contributed by atoms with Crippen molar-refractivity contribution in [3.63, 3.8) is 0 Å². The van der Waals surface area contributed by atoms with Gasteiger partial charge >= 0.3 is 0 Å². The fourth-order valence-electron chi connectivity index (χ4n) is 4.39. The van der Waals surface area contributed by atoms with Crippen molar-refractivity contribution in [2.45, 2.75) is 13.0 Å². The zero-order valence-corrected chi connectivity index (χ0v) is 19.6. The van der Waals surface area contributed by atoms with Gasteiger partial charge in [-0.2, -0.15) is 0 Å². The summed E-state index contributed by atoms with van der Waals surface area (Å²) in [4.78, 5) is 26.0. The largest absolute Gasteiger partial charge is 0.387 e. The van der Waals surface area contributed by atoms with Gasteiger partial charge in [0.15, 0.2) is 0 Å². The molecule has 34 heavy (non-hydrogen) atoms. The molecule has 0 spiro atoms. The number of hydrogen-bond donors (Lipinski definition) is 5. The maximum absolute atomic E-state index is 12.8. The van der Waals surface area contributed by atoms with E-state index in [9.17, 15) is 9.90 Å². The fraction of sp³-hybridized carbons (Fsp3) is 0.280. The number of imidazole rings is 1. The van der Waals surface area contributed by atoms with E-state index in [2.05, 4.69) is 37.6 Å². The van der Waals surface area contributed by atoms with Crippen LogP contribution in [0.15, 0.2) is 53.5 Å². The number of fused-ring (bicyclic) bond motifs is 1. The predicted molar refractivity (Wildman–Crippen MR) is 137 cm³/mol. The summed E-state index contributed by atoms with van der Waals surface area (Å²) in [6.45, 7) is 6.07. The first-order valence-electron chi connectivity index (χ1n) is 11.3. The third-order valence-electron chi connectivity index (χ3n) is 6.16. The van der Waals surface area contributed by atoms with Crippen LogP contribution in [0.2, 0.25) is 5.02 Å². The minimum atomic E-state index is -0.787. The van der Waals surface area contributed by atoms with Crippen molar-refractivity contribution in [1.29, 1.82) is 0 Å². The van der Waals surface area contributed by atoms with Gasteiger partial charge in [0.25, 0.3) is 5.56 Å². The molecule has 1 atom stereocenters. The Bertz CT molecular complexity index is 1380. The highest BCUT2D eigenvalue weighted by molar-refractivity contribution is 6.30. The number of pyridine rings is 1. The van der Waals surface area contributed by atoms with Gasteiger partial charge < -0.3 is 30.6 Å². The highest BCUT2D eigenvalue weighted by Gasteiger charge is 2.18. The third kappa shape index (κ3) is 4.52. The van der Waals surface area contributed by atoms with E-state index in [-0.39, 0.29) is 12.1 Å². The van der Waals surface area contributed by atoms with Crippen LogP contribution >= 0.6 is 11.6 Å². The van der Waals surface area contributed by atoms with E-state index in [4.69, 9.17) is 16.6 Å². The first-order valence-corrected chi connectivity index (χ1v) is 11.7. The first-order chi connectivity index (χ1) is 16.5. The molecule has 176 valence electrons. The highest BCUT2D eigenvalue weighted by atomic mass is 35.5. The number of anilines is 2. The summed E-state index contributed by atoms with van der Waals surface area (Å²) in [5.41, 5.74) is 5.34. The van der Waals surface area contributed by atoms with Crippen molar-refractivity contribution in [1.82, 2.24) is 20.3 Å². The monoisotopic (exact) mass is 478 g/mol. The van der Waals surface area contributed by atoms with Crippen LogP contribution in [-0.4, -0.2) is 52.8 Å². The Hall–Kier alpha value is -3.33. The normalized spacial score (nSPS) is 15.0. The smallest absolute Gasteiger partial charge is 0.261 e. The summed E-state index contributed by atoms with van der Waals surface area (Å²) in [5, 5.41) is 17.7. The van der Waals surface area contributed by atoms with Crippen LogP contribution in [0.4, 0.5) is 11.4 Å². The van der Waals surface area contributed by atoms with E-state index < -0.39 is 6.10 Å². The molecule has 1 aliphatic rings. The third-order valence-corrected chi connectivity index (χ3v) is 6.40. The van der Waals surface area contributed by atoms with Crippen molar-refractivity contribution in [3.05, 3.63) is 75.2 Å². The van der Waals surface area contributed by atoms with Crippen LogP contribution in [0.3, 0.4) is 0 Å². The number of piperazine rings is 1. The van der Waals surface area contributed by atoms with Gasteiger partial charge in [-0.15, -0.1) is 0 Å². The summed E-state index contributed by atoms with van der Waals surface area (Å²) < 4.78 is 0. The minimum absolute atomic E-state index is 0.212. The number of aliphatic hydroxyl groups excluding tert-OH is 1. The molecule has 0 aliphatic carbocycles. The topological polar surface area (TPSA) is 109 Å². The number of hydrogen-bond acceptors (Lipinski definition) is 6. The number of benzene rings is 2. The molecule has 0 saturated carbocycles. The van der Waals surface area contributed by atoms with E-state index in [1.54, 1.807) is 30.5 Å². The van der Waals surface area contributed by atoms with Gasteiger partial charge in [0.1, 0.15) is 11.4 Å². The molecule has 8 nitrogen and oxygen atoms in total. The number of aryl methyl sites for hydroxylation is 1. The van der Waals surface area contributed by atoms with E-state index in [0.717, 1.165) is 48.5 Å². The average molecular weight is 479 g/mol. The molecule has 2 aromatic heterocycles. The molecule has 1 aliphatic heterocycles. The second kappa shape index (κ2) is 9.50. The number of nitrogens with one attached hydrogen (secondary N) is 4. The summed E-state index contributed by atoms with van der Waals surface area (Å²) in [6, 6.07) is 13.1. The number of rotatable bonds is 6. The highest BCUT2D eigenvalue weighted by Crippen LogP contribution is 2.29. The second-order valence-corrected chi connectivity index (χ2v) is 8.96.